The molecule has 120 valence electrons. The smallest absolute Gasteiger partial charge is 0.129 e. The summed E-state index contributed by atoms with van der Waals surface area (Å²) in [6, 6.07) is 4.55. The monoisotopic (exact) mass is 293 g/mol. The molecule has 1 fully saturated rings. The van der Waals surface area contributed by atoms with E-state index < -0.39 is 0 Å². The number of hydrogen-bond acceptors (Lipinski definition) is 3. The Morgan fingerprint density at radius 2 is 2.00 bits per heavy atom. The molecule has 0 aromatic carbocycles. The number of nitrogens with one attached hydrogen (secondary N) is 1. The third kappa shape index (κ3) is 5.48. The molecule has 2 rings (SSSR count). The van der Waals surface area contributed by atoms with Crippen molar-refractivity contribution in [3.63, 3.8) is 0 Å². The van der Waals surface area contributed by atoms with Gasteiger partial charge < -0.3 is 14.5 Å². The Bertz CT molecular complexity index is 436. The molecule has 1 aromatic rings. The molecule has 0 bridgehead atoms. The largest absolute Gasteiger partial charge is 0.462 e. The van der Waals surface area contributed by atoms with Crippen LogP contribution in [0.25, 0.3) is 0 Å². The highest BCUT2D eigenvalue weighted by molar-refractivity contribution is 5.06. The maximum absolute atomic E-state index is 6.10. The zero-order valence-corrected chi connectivity index (χ0v) is 14.2. The van der Waals surface area contributed by atoms with Gasteiger partial charge in [0.25, 0.3) is 0 Å². The Balaban J connectivity index is 1.80. The third-order valence-electron chi connectivity index (χ3n) is 4.21. The molecule has 1 aliphatic carbocycles. The molecule has 1 saturated carbocycles. The van der Waals surface area contributed by atoms with Gasteiger partial charge in [-0.1, -0.05) is 34.6 Å². The van der Waals surface area contributed by atoms with Crippen LogP contribution in [-0.4, -0.2) is 12.1 Å². The van der Waals surface area contributed by atoms with Crippen LogP contribution in [0.2, 0.25) is 0 Å². The van der Waals surface area contributed by atoms with Crippen LogP contribution < -0.4 is 5.32 Å². The summed E-state index contributed by atoms with van der Waals surface area (Å²) in [5, 5.41) is 3.36. The zero-order chi connectivity index (χ0) is 15.5. The highest BCUT2D eigenvalue weighted by Crippen LogP contribution is 2.39. The Kier molecular flexibility index (Phi) is 5.50. The van der Waals surface area contributed by atoms with Gasteiger partial charge in [0.1, 0.15) is 18.1 Å². The molecule has 3 nitrogen and oxygen atoms in total. The second-order valence-corrected chi connectivity index (χ2v) is 7.75. The van der Waals surface area contributed by atoms with Crippen LogP contribution in [0.4, 0.5) is 0 Å². The minimum absolute atomic E-state index is 0.367. The molecular weight excluding hydrogens is 262 g/mol. The highest BCUT2D eigenvalue weighted by atomic mass is 16.5. The molecule has 0 radical (unpaired) electrons. The van der Waals surface area contributed by atoms with Crippen molar-refractivity contribution in [2.45, 2.75) is 79.2 Å². The minimum Gasteiger partial charge on any atom is -0.462 e. The van der Waals surface area contributed by atoms with E-state index >= 15 is 0 Å². The van der Waals surface area contributed by atoms with Crippen molar-refractivity contribution in [2.24, 2.45) is 11.3 Å². The lowest BCUT2D eigenvalue weighted by Crippen LogP contribution is -2.32. The zero-order valence-electron chi connectivity index (χ0n) is 14.2. The number of rotatable bonds is 6. The van der Waals surface area contributed by atoms with Gasteiger partial charge in [-0.15, -0.1) is 0 Å². The molecule has 2 unspecified atom stereocenters. The molecule has 2 atom stereocenters. The van der Waals surface area contributed by atoms with Crippen molar-refractivity contribution in [3.05, 3.63) is 23.7 Å². The first-order valence-electron chi connectivity index (χ1n) is 8.26. The Hall–Kier alpha value is -0.800. The van der Waals surface area contributed by atoms with Crippen molar-refractivity contribution < 1.29 is 9.15 Å². The summed E-state index contributed by atoms with van der Waals surface area (Å²) >= 11 is 0. The fraction of sp³-hybridized carbons (Fsp3) is 0.778. The summed E-state index contributed by atoms with van der Waals surface area (Å²) in [4.78, 5) is 0. The quantitative estimate of drug-likeness (QED) is 0.838. The average molecular weight is 293 g/mol. The van der Waals surface area contributed by atoms with E-state index in [0.717, 1.165) is 30.4 Å². The Morgan fingerprint density at radius 3 is 2.67 bits per heavy atom. The van der Waals surface area contributed by atoms with Gasteiger partial charge in [0.2, 0.25) is 0 Å². The first-order valence-corrected chi connectivity index (χ1v) is 8.26. The Morgan fingerprint density at radius 1 is 1.29 bits per heavy atom. The van der Waals surface area contributed by atoms with E-state index in [2.05, 4.69) is 39.9 Å². The van der Waals surface area contributed by atoms with E-state index in [1.807, 2.05) is 12.1 Å². The molecule has 0 amide bonds. The van der Waals surface area contributed by atoms with Gasteiger partial charge in [-0.25, -0.2) is 0 Å². The van der Waals surface area contributed by atoms with Crippen molar-refractivity contribution in [2.75, 3.05) is 0 Å². The minimum atomic E-state index is 0.367. The highest BCUT2D eigenvalue weighted by Gasteiger charge is 2.32. The SMILES string of the molecule is CC1CC(OCc2ccc(CNC(C)C)o2)CC(C)(C)C1. The van der Waals surface area contributed by atoms with Crippen LogP contribution >= 0.6 is 0 Å². The summed E-state index contributed by atoms with van der Waals surface area (Å²) < 4.78 is 11.9. The van der Waals surface area contributed by atoms with Gasteiger partial charge >= 0.3 is 0 Å². The molecule has 1 aliphatic rings. The van der Waals surface area contributed by atoms with Gasteiger partial charge in [-0.2, -0.15) is 0 Å². The van der Waals surface area contributed by atoms with Gasteiger partial charge in [-0.3, -0.25) is 0 Å². The van der Waals surface area contributed by atoms with E-state index in [-0.39, 0.29) is 0 Å². The van der Waals surface area contributed by atoms with E-state index in [9.17, 15) is 0 Å². The second kappa shape index (κ2) is 6.97. The molecule has 1 N–H and O–H groups in total. The molecule has 1 aromatic heterocycles. The van der Waals surface area contributed by atoms with Crippen LogP contribution in [0, 0.1) is 11.3 Å². The number of hydrogen-bond donors (Lipinski definition) is 1. The summed E-state index contributed by atoms with van der Waals surface area (Å²) in [5.74, 6) is 2.67. The predicted octanol–water partition coefficient (Wildman–Crippen LogP) is 4.51. The fourth-order valence-corrected chi connectivity index (χ4v) is 3.49. The average Bonchev–Trinajstić information content (AvgIpc) is 2.79. The summed E-state index contributed by atoms with van der Waals surface area (Å²) in [6.45, 7) is 12.7. The van der Waals surface area contributed by atoms with Crippen LogP contribution in [0.15, 0.2) is 16.5 Å². The Labute approximate surface area is 129 Å². The molecule has 0 saturated heterocycles. The van der Waals surface area contributed by atoms with Gasteiger partial charge in [0.05, 0.1) is 12.6 Å². The molecule has 0 spiro atoms. The van der Waals surface area contributed by atoms with Crippen molar-refractivity contribution >= 4 is 0 Å². The lowest BCUT2D eigenvalue weighted by Gasteiger charge is -2.38. The maximum Gasteiger partial charge on any atom is 0.129 e. The fourth-order valence-electron chi connectivity index (χ4n) is 3.49. The number of furan rings is 1. The lowest BCUT2D eigenvalue weighted by molar-refractivity contribution is -0.0370. The molecular formula is C18H31NO2. The van der Waals surface area contributed by atoms with Crippen molar-refractivity contribution in [1.29, 1.82) is 0 Å². The van der Waals surface area contributed by atoms with Crippen molar-refractivity contribution in [3.8, 4) is 0 Å². The first kappa shape index (κ1) is 16.6. The molecule has 3 heteroatoms. The molecule has 21 heavy (non-hydrogen) atoms. The van der Waals surface area contributed by atoms with Gasteiger partial charge in [-0.05, 0) is 42.7 Å². The van der Waals surface area contributed by atoms with Crippen molar-refractivity contribution in [1.82, 2.24) is 5.32 Å². The van der Waals surface area contributed by atoms with Crippen LogP contribution in [0.5, 0.6) is 0 Å². The van der Waals surface area contributed by atoms with E-state index in [1.54, 1.807) is 0 Å². The van der Waals surface area contributed by atoms with E-state index in [1.165, 1.54) is 12.8 Å². The normalized spacial score (nSPS) is 25.4. The lowest BCUT2D eigenvalue weighted by atomic mass is 9.71. The van der Waals surface area contributed by atoms with Crippen LogP contribution in [0.1, 0.15) is 65.4 Å². The maximum atomic E-state index is 6.10. The second-order valence-electron chi connectivity index (χ2n) is 7.75. The van der Waals surface area contributed by atoms with Crippen LogP contribution in [-0.2, 0) is 17.9 Å². The topological polar surface area (TPSA) is 34.4 Å². The van der Waals surface area contributed by atoms with Crippen LogP contribution in [0.3, 0.4) is 0 Å². The third-order valence-corrected chi connectivity index (χ3v) is 4.21. The molecule has 1 heterocycles. The van der Waals surface area contributed by atoms with Gasteiger partial charge in [0, 0.05) is 6.04 Å². The summed E-state index contributed by atoms with van der Waals surface area (Å²) in [5.41, 5.74) is 0.401. The number of ether oxygens (including phenoxy) is 1. The standard InChI is InChI=1S/C18H31NO2/c1-13(2)19-11-15-6-7-16(21-15)12-20-17-8-14(3)9-18(4,5)10-17/h6-7,13-14,17,19H,8-12H2,1-5H3. The first-order chi connectivity index (χ1) is 9.84. The predicted molar refractivity (Wildman–Crippen MR) is 86.1 cm³/mol. The van der Waals surface area contributed by atoms with E-state index in [4.69, 9.17) is 9.15 Å². The van der Waals surface area contributed by atoms with E-state index in [0.29, 0.717) is 24.2 Å². The molecule has 0 aliphatic heterocycles. The van der Waals surface area contributed by atoms with Gasteiger partial charge in [0.15, 0.2) is 0 Å². The summed E-state index contributed by atoms with van der Waals surface area (Å²) in [6.07, 6.45) is 4.00. The summed E-state index contributed by atoms with van der Waals surface area (Å²) in [7, 11) is 0.